The van der Waals surface area contributed by atoms with Crippen LogP contribution in [0.5, 0.6) is 0 Å². The monoisotopic (exact) mass is 314 g/mol. The molecule has 2 aromatic carbocycles. The SMILES string of the molecule is CCc1ccc(NC(=O)[C@@H](C)N(C)Cc2cccc(F)c2)cc1. The van der Waals surface area contributed by atoms with Crippen LogP contribution in [0.1, 0.15) is 25.0 Å². The number of likely N-dealkylation sites (N-methyl/N-ethyl adjacent to an activating group) is 1. The van der Waals surface area contributed by atoms with E-state index in [9.17, 15) is 9.18 Å². The Morgan fingerprint density at radius 3 is 2.48 bits per heavy atom. The molecule has 122 valence electrons. The van der Waals surface area contributed by atoms with Crippen molar-refractivity contribution >= 4 is 11.6 Å². The predicted octanol–water partition coefficient (Wildman–Crippen LogP) is 3.85. The summed E-state index contributed by atoms with van der Waals surface area (Å²) in [6.07, 6.45) is 0.973. The molecule has 0 bridgehead atoms. The highest BCUT2D eigenvalue weighted by atomic mass is 19.1. The van der Waals surface area contributed by atoms with Crippen molar-refractivity contribution < 1.29 is 9.18 Å². The van der Waals surface area contributed by atoms with Gasteiger partial charge in [-0.15, -0.1) is 0 Å². The number of carbonyl (C=O) groups is 1. The average molecular weight is 314 g/mol. The molecule has 0 spiro atoms. The van der Waals surface area contributed by atoms with Gasteiger partial charge in [0.2, 0.25) is 5.91 Å². The highest BCUT2D eigenvalue weighted by molar-refractivity contribution is 5.94. The van der Waals surface area contributed by atoms with Crippen LogP contribution in [-0.4, -0.2) is 23.9 Å². The molecule has 23 heavy (non-hydrogen) atoms. The van der Waals surface area contributed by atoms with Crippen LogP contribution in [0.4, 0.5) is 10.1 Å². The Hall–Kier alpha value is -2.20. The molecular weight excluding hydrogens is 291 g/mol. The van der Waals surface area contributed by atoms with E-state index in [-0.39, 0.29) is 17.8 Å². The first-order valence-corrected chi connectivity index (χ1v) is 7.84. The largest absolute Gasteiger partial charge is 0.325 e. The lowest BCUT2D eigenvalue weighted by atomic mass is 10.1. The van der Waals surface area contributed by atoms with Crippen molar-refractivity contribution in [2.45, 2.75) is 32.9 Å². The van der Waals surface area contributed by atoms with Gasteiger partial charge in [0, 0.05) is 12.2 Å². The molecule has 0 heterocycles. The van der Waals surface area contributed by atoms with Gasteiger partial charge in [-0.3, -0.25) is 9.69 Å². The summed E-state index contributed by atoms with van der Waals surface area (Å²) in [5.41, 5.74) is 2.87. The van der Waals surface area contributed by atoms with E-state index in [0.29, 0.717) is 6.54 Å². The van der Waals surface area contributed by atoms with Gasteiger partial charge in [-0.05, 0) is 55.8 Å². The second kappa shape index (κ2) is 7.88. The summed E-state index contributed by atoms with van der Waals surface area (Å²) in [6.45, 7) is 4.45. The molecule has 2 aromatic rings. The van der Waals surface area contributed by atoms with Crippen LogP contribution in [0.3, 0.4) is 0 Å². The minimum absolute atomic E-state index is 0.0758. The lowest BCUT2D eigenvalue weighted by molar-refractivity contribution is -0.120. The molecule has 0 aliphatic rings. The fourth-order valence-corrected chi connectivity index (χ4v) is 2.33. The van der Waals surface area contributed by atoms with Crippen LogP contribution in [0.2, 0.25) is 0 Å². The number of nitrogens with one attached hydrogen (secondary N) is 1. The highest BCUT2D eigenvalue weighted by Crippen LogP contribution is 2.13. The summed E-state index contributed by atoms with van der Waals surface area (Å²) >= 11 is 0. The predicted molar refractivity (Wildman–Crippen MR) is 91.8 cm³/mol. The van der Waals surface area contributed by atoms with Crippen molar-refractivity contribution in [3.8, 4) is 0 Å². The zero-order valence-corrected chi connectivity index (χ0v) is 13.8. The Kier molecular flexibility index (Phi) is 5.88. The van der Waals surface area contributed by atoms with E-state index in [2.05, 4.69) is 12.2 Å². The first-order valence-electron chi connectivity index (χ1n) is 7.84. The quantitative estimate of drug-likeness (QED) is 0.878. The number of nitrogens with zero attached hydrogens (tertiary/aromatic N) is 1. The summed E-state index contributed by atoms with van der Waals surface area (Å²) < 4.78 is 13.2. The Morgan fingerprint density at radius 1 is 1.17 bits per heavy atom. The zero-order valence-electron chi connectivity index (χ0n) is 13.8. The van der Waals surface area contributed by atoms with Crippen LogP contribution in [-0.2, 0) is 17.8 Å². The molecule has 1 N–H and O–H groups in total. The number of carbonyl (C=O) groups excluding carboxylic acids is 1. The third-order valence-electron chi connectivity index (χ3n) is 3.99. The number of anilines is 1. The van der Waals surface area contributed by atoms with Crippen molar-refractivity contribution in [1.82, 2.24) is 4.90 Å². The lowest BCUT2D eigenvalue weighted by Crippen LogP contribution is -2.39. The molecule has 1 atom stereocenters. The molecule has 3 nitrogen and oxygen atoms in total. The highest BCUT2D eigenvalue weighted by Gasteiger charge is 2.18. The Bertz CT molecular complexity index is 655. The van der Waals surface area contributed by atoms with Gasteiger partial charge in [0.25, 0.3) is 0 Å². The van der Waals surface area contributed by atoms with E-state index < -0.39 is 0 Å². The number of benzene rings is 2. The molecule has 0 fully saturated rings. The minimum Gasteiger partial charge on any atom is -0.325 e. The smallest absolute Gasteiger partial charge is 0.241 e. The summed E-state index contributed by atoms with van der Waals surface area (Å²) in [6, 6.07) is 14.0. The first-order chi connectivity index (χ1) is 11.0. The van der Waals surface area contributed by atoms with E-state index in [1.54, 1.807) is 6.07 Å². The standard InChI is InChI=1S/C19H23FN2O/c1-4-15-8-10-18(11-9-15)21-19(23)14(2)22(3)13-16-6-5-7-17(20)12-16/h5-12,14H,4,13H2,1-3H3,(H,21,23)/t14-/m1/s1. The van der Waals surface area contributed by atoms with Crippen molar-refractivity contribution in [1.29, 1.82) is 0 Å². The van der Waals surface area contributed by atoms with E-state index in [0.717, 1.165) is 17.7 Å². The zero-order chi connectivity index (χ0) is 16.8. The van der Waals surface area contributed by atoms with Gasteiger partial charge in [-0.25, -0.2) is 4.39 Å². The number of amides is 1. The maximum Gasteiger partial charge on any atom is 0.241 e. The molecule has 4 heteroatoms. The minimum atomic E-state index is -0.316. The molecule has 0 saturated heterocycles. The molecule has 0 aliphatic carbocycles. The topological polar surface area (TPSA) is 32.3 Å². The molecule has 2 rings (SSSR count). The van der Waals surface area contributed by atoms with Crippen molar-refractivity contribution in [2.24, 2.45) is 0 Å². The fourth-order valence-electron chi connectivity index (χ4n) is 2.33. The maximum absolute atomic E-state index is 13.2. The van der Waals surface area contributed by atoms with Gasteiger partial charge in [0.05, 0.1) is 6.04 Å². The molecular formula is C19H23FN2O. The molecule has 0 radical (unpaired) electrons. The van der Waals surface area contributed by atoms with E-state index in [1.165, 1.54) is 17.7 Å². The van der Waals surface area contributed by atoms with Crippen LogP contribution >= 0.6 is 0 Å². The van der Waals surface area contributed by atoms with Crippen LogP contribution in [0, 0.1) is 5.82 Å². The Balaban J connectivity index is 1.95. The van der Waals surface area contributed by atoms with E-state index in [4.69, 9.17) is 0 Å². The first kappa shape index (κ1) is 17.2. The average Bonchev–Trinajstić information content (AvgIpc) is 2.54. The van der Waals surface area contributed by atoms with E-state index in [1.807, 2.05) is 49.2 Å². The molecule has 0 aromatic heterocycles. The molecule has 0 saturated carbocycles. The van der Waals surface area contributed by atoms with Crippen LogP contribution in [0.15, 0.2) is 48.5 Å². The van der Waals surface area contributed by atoms with Crippen molar-refractivity contribution in [3.63, 3.8) is 0 Å². The van der Waals surface area contributed by atoms with Gasteiger partial charge in [-0.2, -0.15) is 0 Å². The summed E-state index contributed by atoms with van der Waals surface area (Å²) in [5, 5.41) is 2.92. The van der Waals surface area contributed by atoms with Crippen LogP contribution in [0.25, 0.3) is 0 Å². The summed E-state index contributed by atoms with van der Waals surface area (Å²) in [5.74, 6) is -0.336. The summed E-state index contributed by atoms with van der Waals surface area (Å²) in [4.78, 5) is 14.2. The van der Waals surface area contributed by atoms with E-state index >= 15 is 0 Å². The number of hydrogen-bond acceptors (Lipinski definition) is 2. The Labute approximate surface area is 137 Å². The van der Waals surface area contributed by atoms with Crippen molar-refractivity contribution in [2.75, 3.05) is 12.4 Å². The van der Waals surface area contributed by atoms with Gasteiger partial charge in [0.15, 0.2) is 0 Å². The third kappa shape index (κ3) is 4.89. The fraction of sp³-hybridized carbons (Fsp3) is 0.316. The number of hydrogen-bond donors (Lipinski definition) is 1. The third-order valence-corrected chi connectivity index (χ3v) is 3.99. The summed E-state index contributed by atoms with van der Waals surface area (Å²) in [7, 11) is 1.86. The maximum atomic E-state index is 13.2. The number of halogens is 1. The molecule has 1 amide bonds. The molecule has 0 aliphatic heterocycles. The molecule has 0 unspecified atom stereocenters. The van der Waals surface area contributed by atoms with Crippen molar-refractivity contribution in [3.05, 3.63) is 65.5 Å². The second-order valence-corrected chi connectivity index (χ2v) is 5.76. The number of rotatable bonds is 6. The number of aryl methyl sites for hydroxylation is 1. The lowest BCUT2D eigenvalue weighted by Gasteiger charge is -2.24. The van der Waals surface area contributed by atoms with Gasteiger partial charge in [0.1, 0.15) is 5.82 Å². The Morgan fingerprint density at radius 2 is 1.87 bits per heavy atom. The second-order valence-electron chi connectivity index (χ2n) is 5.76. The van der Waals surface area contributed by atoms with Gasteiger partial charge in [-0.1, -0.05) is 31.2 Å². The van der Waals surface area contributed by atoms with Gasteiger partial charge < -0.3 is 5.32 Å². The van der Waals surface area contributed by atoms with Gasteiger partial charge >= 0.3 is 0 Å². The van der Waals surface area contributed by atoms with Crippen LogP contribution < -0.4 is 5.32 Å². The normalized spacial score (nSPS) is 12.2.